The number of thiocarbonyl (C=S) groups is 1. The van der Waals surface area contributed by atoms with Gasteiger partial charge in [-0.25, -0.2) is 0 Å². The van der Waals surface area contributed by atoms with Crippen LogP contribution in [0.1, 0.15) is 15.9 Å². The zero-order valence-corrected chi connectivity index (χ0v) is 14.3. The van der Waals surface area contributed by atoms with Gasteiger partial charge in [0.2, 0.25) is 0 Å². The molecule has 108 valence electrons. The summed E-state index contributed by atoms with van der Waals surface area (Å²) in [6, 6.07) is 12.5. The molecule has 0 radical (unpaired) electrons. The molecule has 0 heterocycles. The summed E-state index contributed by atoms with van der Waals surface area (Å²) in [7, 11) is 0. The number of amides is 1. The van der Waals surface area contributed by atoms with Crippen LogP contribution in [0.5, 0.6) is 0 Å². The first-order valence-corrected chi connectivity index (χ1v) is 7.68. The van der Waals surface area contributed by atoms with Crippen LogP contribution >= 0.6 is 39.7 Å². The Hall–Kier alpha value is -1.43. The van der Waals surface area contributed by atoms with Crippen molar-refractivity contribution in [1.29, 1.82) is 0 Å². The van der Waals surface area contributed by atoms with Crippen molar-refractivity contribution in [3.05, 3.63) is 63.1 Å². The van der Waals surface area contributed by atoms with Crippen molar-refractivity contribution >= 4 is 56.5 Å². The summed E-state index contributed by atoms with van der Waals surface area (Å²) in [5.41, 5.74) is 2.23. The summed E-state index contributed by atoms with van der Waals surface area (Å²) >= 11 is 14.5. The van der Waals surface area contributed by atoms with Gasteiger partial charge in [-0.3, -0.25) is 10.1 Å². The van der Waals surface area contributed by atoms with Crippen LogP contribution in [0.3, 0.4) is 0 Å². The molecule has 6 heteroatoms. The number of anilines is 1. The average molecular weight is 384 g/mol. The van der Waals surface area contributed by atoms with Gasteiger partial charge < -0.3 is 5.32 Å². The number of para-hydroxylation sites is 1. The standard InChI is InChI=1S/C15H12BrClN2OS/c1-9-6-7-10(8-11(9)16)14(20)19-15(21)18-13-5-3-2-4-12(13)17/h2-8H,1H3,(H2,18,19,20,21). The van der Waals surface area contributed by atoms with Gasteiger partial charge in [-0.2, -0.15) is 0 Å². The summed E-state index contributed by atoms with van der Waals surface area (Å²) in [6.45, 7) is 1.95. The number of aryl methyl sites for hydroxylation is 1. The van der Waals surface area contributed by atoms with Gasteiger partial charge in [-0.15, -0.1) is 0 Å². The molecule has 2 rings (SSSR count). The third kappa shape index (κ3) is 4.27. The Morgan fingerprint density at radius 3 is 2.62 bits per heavy atom. The number of carbonyl (C=O) groups excluding carboxylic acids is 1. The maximum atomic E-state index is 12.1. The van der Waals surface area contributed by atoms with E-state index in [1.165, 1.54) is 0 Å². The third-order valence-electron chi connectivity index (χ3n) is 2.78. The second-order valence-electron chi connectivity index (χ2n) is 4.35. The van der Waals surface area contributed by atoms with E-state index >= 15 is 0 Å². The minimum atomic E-state index is -0.278. The van der Waals surface area contributed by atoms with Gasteiger partial charge in [0.05, 0.1) is 10.7 Å². The lowest BCUT2D eigenvalue weighted by Gasteiger charge is -2.11. The Bertz CT molecular complexity index is 706. The van der Waals surface area contributed by atoms with Crippen LogP contribution in [0.4, 0.5) is 5.69 Å². The highest BCUT2D eigenvalue weighted by molar-refractivity contribution is 9.10. The smallest absolute Gasteiger partial charge is 0.257 e. The fraction of sp³-hybridized carbons (Fsp3) is 0.0667. The minimum Gasteiger partial charge on any atom is -0.331 e. The molecule has 0 unspecified atom stereocenters. The summed E-state index contributed by atoms with van der Waals surface area (Å²) in [5, 5.41) is 6.25. The predicted molar refractivity (Wildman–Crippen MR) is 94.0 cm³/mol. The van der Waals surface area contributed by atoms with Crippen LogP contribution in [0.2, 0.25) is 5.02 Å². The molecule has 0 saturated heterocycles. The zero-order chi connectivity index (χ0) is 15.4. The van der Waals surface area contributed by atoms with Crippen molar-refractivity contribution in [2.24, 2.45) is 0 Å². The largest absolute Gasteiger partial charge is 0.331 e. The number of carbonyl (C=O) groups is 1. The van der Waals surface area contributed by atoms with Crippen LogP contribution < -0.4 is 10.6 Å². The van der Waals surface area contributed by atoms with Gasteiger partial charge in [-0.1, -0.05) is 45.7 Å². The van der Waals surface area contributed by atoms with Gasteiger partial charge in [0.15, 0.2) is 5.11 Å². The van der Waals surface area contributed by atoms with Gasteiger partial charge in [0.1, 0.15) is 0 Å². The predicted octanol–water partition coefficient (Wildman–Crippen LogP) is 4.54. The summed E-state index contributed by atoms with van der Waals surface area (Å²) in [4.78, 5) is 12.1. The number of halogens is 2. The van der Waals surface area contributed by atoms with E-state index in [1.807, 2.05) is 25.1 Å². The van der Waals surface area contributed by atoms with E-state index in [-0.39, 0.29) is 11.0 Å². The summed E-state index contributed by atoms with van der Waals surface area (Å²) in [6.07, 6.45) is 0. The molecular weight excluding hydrogens is 372 g/mol. The molecule has 0 aromatic heterocycles. The first-order chi connectivity index (χ1) is 9.97. The molecule has 1 amide bonds. The quantitative estimate of drug-likeness (QED) is 0.748. The zero-order valence-electron chi connectivity index (χ0n) is 11.1. The Morgan fingerprint density at radius 1 is 1.24 bits per heavy atom. The normalized spacial score (nSPS) is 10.0. The SMILES string of the molecule is Cc1ccc(C(=O)NC(=S)Nc2ccccc2Cl)cc1Br. The number of nitrogens with one attached hydrogen (secondary N) is 2. The van der Waals surface area contributed by atoms with Gasteiger partial charge in [-0.05, 0) is 49.0 Å². The number of benzene rings is 2. The number of hydrogen-bond donors (Lipinski definition) is 2. The van der Waals surface area contributed by atoms with Crippen molar-refractivity contribution in [3.63, 3.8) is 0 Å². The van der Waals surface area contributed by atoms with Crippen molar-refractivity contribution in [1.82, 2.24) is 5.32 Å². The molecule has 0 fully saturated rings. The monoisotopic (exact) mass is 382 g/mol. The molecule has 0 aliphatic heterocycles. The molecule has 2 aromatic carbocycles. The number of rotatable bonds is 2. The molecule has 0 aliphatic carbocycles. The van der Waals surface area contributed by atoms with E-state index in [0.29, 0.717) is 16.3 Å². The minimum absolute atomic E-state index is 0.199. The Morgan fingerprint density at radius 2 is 1.95 bits per heavy atom. The Labute approximate surface area is 141 Å². The van der Waals surface area contributed by atoms with E-state index in [4.69, 9.17) is 23.8 Å². The van der Waals surface area contributed by atoms with Crippen LogP contribution in [0, 0.1) is 6.92 Å². The van der Waals surface area contributed by atoms with Crippen LogP contribution in [0.25, 0.3) is 0 Å². The molecule has 0 atom stereocenters. The van der Waals surface area contributed by atoms with E-state index < -0.39 is 0 Å². The highest BCUT2D eigenvalue weighted by Gasteiger charge is 2.10. The molecule has 2 aromatic rings. The maximum Gasteiger partial charge on any atom is 0.257 e. The molecule has 0 bridgehead atoms. The van der Waals surface area contributed by atoms with Gasteiger partial charge in [0, 0.05) is 10.0 Å². The molecule has 2 N–H and O–H groups in total. The highest BCUT2D eigenvalue weighted by atomic mass is 79.9. The maximum absolute atomic E-state index is 12.1. The molecule has 0 spiro atoms. The topological polar surface area (TPSA) is 41.1 Å². The van der Waals surface area contributed by atoms with Gasteiger partial charge in [0.25, 0.3) is 5.91 Å². The lowest BCUT2D eigenvalue weighted by atomic mass is 10.1. The van der Waals surface area contributed by atoms with Crippen LogP contribution in [0.15, 0.2) is 46.9 Å². The van der Waals surface area contributed by atoms with Gasteiger partial charge >= 0.3 is 0 Å². The van der Waals surface area contributed by atoms with E-state index in [0.717, 1.165) is 10.0 Å². The van der Waals surface area contributed by atoms with Crippen LogP contribution in [-0.4, -0.2) is 11.0 Å². The highest BCUT2D eigenvalue weighted by Crippen LogP contribution is 2.20. The van der Waals surface area contributed by atoms with Crippen molar-refractivity contribution in [3.8, 4) is 0 Å². The van der Waals surface area contributed by atoms with Crippen molar-refractivity contribution in [2.45, 2.75) is 6.92 Å². The molecule has 21 heavy (non-hydrogen) atoms. The fourth-order valence-corrected chi connectivity index (χ4v) is 2.39. The van der Waals surface area contributed by atoms with Crippen molar-refractivity contribution in [2.75, 3.05) is 5.32 Å². The van der Waals surface area contributed by atoms with E-state index in [2.05, 4.69) is 26.6 Å². The average Bonchev–Trinajstić information content (AvgIpc) is 2.44. The van der Waals surface area contributed by atoms with Crippen molar-refractivity contribution < 1.29 is 4.79 Å². The molecule has 0 saturated carbocycles. The summed E-state index contributed by atoms with van der Waals surface area (Å²) < 4.78 is 0.875. The lowest BCUT2D eigenvalue weighted by Crippen LogP contribution is -2.34. The molecule has 3 nitrogen and oxygen atoms in total. The Kier molecular flexibility index (Phi) is 5.33. The second-order valence-corrected chi connectivity index (χ2v) is 6.02. The molecular formula is C15H12BrClN2OS. The lowest BCUT2D eigenvalue weighted by molar-refractivity contribution is 0.0977. The molecule has 0 aliphatic rings. The Balaban J connectivity index is 2.04. The van der Waals surface area contributed by atoms with E-state index in [1.54, 1.807) is 24.3 Å². The van der Waals surface area contributed by atoms with Crippen LogP contribution in [-0.2, 0) is 0 Å². The first kappa shape index (κ1) is 15.9. The third-order valence-corrected chi connectivity index (χ3v) is 4.17. The second kappa shape index (κ2) is 7.02. The summed E-state index contributed by atoms with van der Waals surface area (Å²) in [5.74, 6) is -0.278. The fourth-order valence-electron chi connectivity index (χ4n) is 1.63. The number of hydrogen-bond acceptors (Lipinski definition) is 2. The van der Waals surface area contributed by atoms with E-state index in [9.17, 15) is 4.79 Å². The first-order valence-electron chi connectivity index (χ1n) is 6.10.